The fourth-order valence-corrected chi connectivity index (χ4v) is 3.77. The van der Waals surface area contributed by atoms with Gasteiger partial charge in [0, 0.05) is 29.6 Å². The number of nitriles is 1. The van der Waals surface area contributed by atoms with Gasteiger partial charge in [-0.3, -0.25) is 0 Å². The molecule has 2 aliphatic rings. The minimum absolute atomic E-state index is 0.360. The summed E-state index contributed by atoms with van der Waals surface area (Å²) in [6, 6.07) is 7.84. The average molecular weight is 366 g/mol. The topological polar surface area (TPSA) is 47.2 Å². The van der Waals surface area contributed by atoms with Gasteiger partial charge in [0.1, 0.15) is 5.73 Å². The minimum Gasteiger partial charge on any atom is -0.398 e. The Bertz CT molecular complexity index is 980. The Morgan fingerprint density at radius 1 is 1.22 bits per heavy atom. The van der Waals surface area contributed by atoms with Gasteiger partial charge in [0.2, 0.25) is 0 Å². The van der Waals surface area contributed by atoms with Crippen molar-refractivity contribution in [2.45, 2.75) is 57.2 Å². The van der Waals surface area contributed by atoms with Crippen LogP contribution in [-0.4, -0.2) is 22.9 Å². The van der Waals surface area contributed by atoms with Gasteiger partial charge in [-0.05, 0) is 70.4 Å². The van der Waals surface area contributed by atoms with Gasteiger partial charge in [-0.2, -0.15) is 5.26 Å². The lowest BCUT2D eigenvalue weighted by molar-refractivity contribution is 0.00578. The monoisotopic (exact) mass is 366 g/mol. The van der Waals surface area contributed by atoms with E-state index in [2.05, 4.69) is 6.07 Å². The molecule has 6 heteroatoms. The molecule has 0 N–H and O–H groups in total. The molecule has 1 saturated carbocycles. The van der Waals surface area contributed by atoms with Gasteiger partial charge in [-0.25, -0.2) is 4.39 Å². The van der Waals surface area contributed by atoms with Crippen molar-refractivity contribution in [3.05, 3.63) is 47.3 Å². The molecule has 1 aromatic heterocycles. The molecule has 4 rings (SSSR count). The Morgan fingerprint density at radius 2 is 1.85 bits per heavy atom. The van der Waals surface area contributed by atoms with Crippen molar-refractivity contribution in [2.24, 2.45) is 7.05 Å². The lowest BCUT2D eigenvalue weighted by Gasteiger charge is -2.32. The summed E-state index contributed by atoms with van der Waals surface area (Å²) in [5.41, 5.74) is 0.840. The summed E-state index contributed by atoms with van der Waals surface area (Å²) >= 11 is 0. The van der Waals surface area contributed by atoms with Crippen LogP contribution >= 0.6 is 0 Å². The molecule has 4 nitrogen and oxygen atoms in total. The standard InChI is InChI=1S/C21H24BFN2O2/c1-19(2)20(3,4)27-22(26-19)18(23)11-21(8-9-21)16-13-25(5)17-7-6-14(12-24)10-15(16)17/h6-7,10-11,13H,8-9H2,1-5H3. The van der Waals surface area contributed by atoms with Gasteiger partial charge in [-0.15, -0.1) is 0 Å². The predicted octanol–water partition coefficient (Wildman–Crippen LogP) is 4.57. The zero-order valence-corrected chi connectivity index (χ0v) is 16.5. The number of allylic oxidation sites excluding steroid dienone is 1. The highest BCUT2D eigenvalue weighted by atomic mass is 19.1. The number of aryl methyl sites for hydroxylation is 1. The first-order chi connectivity index (χ1) is 12.6. The number of rotatable bonds is 3. The fourth-order valence-electron chi connectivity index (χ4n) is 3.77. The molecule has 2 aromatic rings. The molecule has 1 aliphatic heterocycles. The van der Waals surface area contributed by atoms with Crippen molar-refractivity contribution in [3.8, 4) is 6.07 Å². The van der Waals surface area contributed by atoms with Crippen molar-refractivity contribution in [1.29, 1.82) is 5.26 Å². The molecular weight excluding hydrogens is 342 g/mol. The van der Waals surface area contributed by atoms with Gasteiger partial charge in [0.25, 0.3) is 0 Å². The molecule has 27 heavy (non-hydrogen) atoms. The van der Waals surface area contributed by atoms with E-state index < -0.39 is 18.3 Å². The van der Waals surface area contributed by atoms with E-state index in [9.17, 15) is 5.26 Å². The molecule has 2 heterocycles. The zero-order chi connectivity index (χ0) is 19.6. The number of nitrogens with zero attached hydrogens (tertiary/aromatic N) is 2. The number of halogens is 1. The van der Waals surface area contributed by atoms with Crippen molar-refractivity contribution >= 4 is 18.0 Å². The summed E-state index contributed by atoms with van der Waals surface area (Å²) in [5.74, 6) is 0. The van der Waals surface area contributed by atoms with Gasteiger partial charge in [0.05, 0.1) is 22.8 Å². The summed E-state index contributed by atoms with van der Waals surface area (Å²) < 4.78 is 28.9. The largest absolute Gasteiger partial charge is 0.524 e. The fraction of sp³-hybridized carbons (Fsp3) is 0.476. The van der Waals surface area contributed by atoms with E-state index in [-0.39, 0.29) is 11.1 Å². The van der Waals surface area contributed by atoms with E-state index in [0.29, 0.717) is 5.56 Å². The third-order valence-electron chi connectivity index (χ3n) is 6.34. The van der Waals surface area contributed by atoms with Crippen LogP contribution in [0.25, 0.3) is 10.9 Å². The molecule has 0 spiro atoms. The maximum atomic E-state index is 15.1. The number of hydrogen-bond acceptors (Lipinski definition) is 3. The molecule has 0 bridgehead atoms. The van der Waals surface area contributed by atoms with Crippen LogP contribution in [0.4, 0.5) is 4.39 Å². The van der Waals surface area contributed by atoms with E-state index in [1.807, 2.05) is 63.7 Å². The molecule has 2 fully saturated rings. The number of hydrogen-bond donors (Lipinski definition) is 0. The highest BCUT2D eigenvalue weighted by Crippen LogP contribution is 2.53. The highest BCUT2D eigenvalue weighted by Gasteiger charge is 2.54. The van der Waals surface area contributed by atoms with Gasteiger partial charge < -0.3 is 13.9 Å². The second-order valence-corrected chi connectivity index (χ2v) is 8.77. The van der Waals surface area contributed by atoms with Crippen molar-refractivity contribution < 1.29 is 13.7 Å². The minimum atomic E-state index is -0.975. The van der Waals surface area contributed by atoms with Crippen LogP contribution in [0.5, 0.6) is 0 Å². The molecule has 0 radical (unpaired) electrons. The number of fused-ring (bicyclic) bond motifs is 1. The second kappa shape index (κ2) is 5.70. The Balaban J connectivity index is 1.72. The molecular formula is C21H24BFN2O2. The van der Waals surface area contributed by atoms with Crippen LogP contribution in [0.3, 0.4) is 0 Å². The molecule has 0 amide bonds. The number of aromatic nitrogens is 1. The lowest BCUT2D eigenvalue weighted by Crippen LogP contribution is -2.41. The normalized spacial score (nSPS) is 22.9. The Hall–Kier alpha value is -2.10. The number of benzene rings is 1. The first kappa shape index (κ1) is 18.3. The maximum Gasteiger partial charge on any atom is 0.524 e. The summed E-state index contributed by atoms with van der Waals surface area (Å²) in [6.07, 6.45) is 5.46. The second-order valence-electron chi connectivity index (χ2n) is 8.77. The first-order valence-electron chi connectivity index (χ1n) is 9.32. The quantitative estimate of drug-likeness (QED) is 0.748. The molecule has 1 saturated heterocycles. The Morgan fingerprint density at radius 3 is 2.41 bits per heavy atom. The molecule has 0 atom stereocenters. The summed E-state index contributed by atoms with van der Waals surface area (Å²) in [7, 11) is 1.000. The lowest BCUT2D eigenvalue weighted by atomic mass is 9.83. The van der Waals surface area contributed by atoms with Gasteiger partial charge in [0.15, 0.2) is 0 Å². The smallest absolute Gasteiger partial charge is 0.398 e. The zero-order valence-electron chi connectivity index (χ0n) is 16.5. The van der Waals surface area contributed by atoms with E-state index in [1.165, 1.54) is 0 Å². The van der Waals surface area contributed by atoms with Crippen LogP contribution in [0.1, 0.15) is 51.7 Å². The third-order valence-corrected chi connectivity index (χ3v) is 6.34. The molecule has 0 unspecified atom stereocenters. The predicted molar refractivity (Wildman–Crippen MR) is 104 cm³/mol. The average Bonchev–Trinajstić information content (AvgIpc) is 3.23. The molecule has 140 valence electrons. The summed E-state index contributed by atoms with van der Waals surface area (Å²) in [4.78, 5) is 0. The van der Waals surface area contributed by atoms with Crippen LogP contribution in [0, 0.1) is 11.3 Å². The van der Waals surface area contributed by atoms with Crippen LogP contribution in [0.15, 0.2) is 36.2 Å². The third kappa shape index (κ3) is 2.81. The van der Waals surface area contributed by atoms with E-state index in [1.54, 1.807) is 6.08 Å². The van der Waals surface area contributed by atoms with E-state index >= 15 is 4.39 Å². The Kier molecular flexibility index (Phi) is 3.86. The van der Waals surface area contributed by atoms with Crippen molar-refractivity contribution in [3.63, 3.8) is 0 Å². The van der Waals surface area contributed by atoms with Crippen molar-refractivity contribution in [1.82, 2.24) is 4.57 Å². The van der Waals surface area contributed by atoms with Crippen LogP contribution in [0.2, 0.25) is 0 Å². The first-order valence-corrected chi connectivity index (χ1v) is 9.32. The summed E-state index contributed by atoms with van der Waals surface area (Å²) in [6.45, 7) is 7.67. The van der Waals surface area contributed by atoms with Crippen LogP contribution < -0.4 is 0 Å². The molecule has 1 aliphatic carbocycles. The SMILES string of the molecule is Cn1cc(C2(C=C(F)B3OC(C)(C)C(C)(C)O3)CC2)c2cc(C#N)ccc21. The van der Waals surface area contributed by atoms with Crippen molar-refractivity contribution in [2.75, 3.05) is 0 Å². The summed E-state index contributed by atoms with van der Waals surface area (Å²) in [5, 5.41) is 10.2. The van der Waals surface area contributed by atoms with E-state index in [4.69, 9.17) is 9.31 Å². The maximum absolute atomic E-state index is 15.1. The van der Waals surface area contributed by atoms with E-state index in [0.717, 1.165) is 29.3 Å². The Labute approximate surface area is 159 Å². The van der Waals surface area contributed by atoms with Gasteiger partial charge in [-0.1, -0.05) is 0 Å². The van der Waals surface area contributed by atoms with Gasteiger partial charge >= 0.3 is 7.12 Å². The molecule has 1 aromatic carbocycles. The highest BCUT2D eigenvalue weighted by molar-refractivity contribution is 6.53. The van der Waals surface area contributed by atoms with Crippen LogP contribution in [-0.2, 0) is 21.8 Å².